The molecule has 0 radical (unpaired) electrons. The minimum Gasteiger partial charge on any atom is -0.439 e. The van der Waals surface area contributed by atoms with E-state index < -0.39 is 0 Å². The van der Waals surface area contributed by atoms with Crippen LogP contribution in [0.25, 0.3) is 11.3 Å². The average Bonchev–Trinajstić information content (AvgIpc) is 2.81. The van der Waals surface area contributed by atoms with E-state index >= 15 is 0 Å². The molecule has 1 aromatic carbocycles. The normalized spacial score (nSPS) is 11.2. The molecule has 0 spiro atoms. The van der Waals surface area contributed by atoms with Crippen LogP contribution in [0.4, 0.5) is 0 Å². The van der Waals surface area contributed by atoms with Gasteiger partial charge in [0, 0.05) is 5.56 Å². The van der Waals surface area contributed by atoms with E-state index in [1.165, 1.54) is 0 Å². The molecule has 0 aliphatic heterocycles. The predicted molar refractivity (Wildman–Crippen MR) is 78.5 cm³/mol. The van der Waals surface area contributed by atoms with E-state index in [0.29, 0.717) is 34.2 Å². The van der Waals surface area contributed by atoms with Gasteiger partial charge >= 0.3 is 0 Å². The van der Waals surface area contributed by atoms with Crippen LogP contribution in [0.15, 0.2) is 28.8 Å². The first kappa shape index (κ1) is 14.4. The Morgan fingerprint density at radius 3 is 2.84 bits per heavy atom. The van der Waals surface area contributed by atoms with Crippen LogP contribution >= 0.6 is 23.2 Å². The number of benzene rings is 1. The van der Waals surface area contributed by atoms with E-state index in [-0.39, 0.29) is 0 Å². The second-order valence-electron chi connectivity index (χ2n) is 4.74. The second-order valence-corrected chi connectivity index (χ2v) is 5.53. The van der Waals surface area contributed by atoms with Crippen molar-refractivity contribution in [3.8, 4) is 11.3 Å². The Morgan fingerprint density at radius 1 is 1.32 bits per heavy atom. The lowest BCUT2D eigenvalue weighted by Gasteiger charge is -2.04. The maximum Gasteiger partial charge on any atom is 0.208 e. The molecule has 0 amide bonds. The summed E-state index contributed by atoms with van der Waals surface area (Å²) in [5, 5.41) is 4.27. The Bertz CT molecular complexity index is 552. The van der Waals surface area contributed by atoms with Gasteiger partial charge in [-0.15, -0.1) is 0 Å². The molecule has 1 N–H and O–H groups in total. The van der Waals surface area contributed by atoms with Crippen LogP contribution in [0.5, 0.6) is 0 Å². The molecule has 0 aliphatic carbocycles. The van der Waals surface area contributed by atoms with Gasteiger partial charge in [0.1, 0.15) is 0 Å². The van der Waals surface area contributed by atoms with Crippen LogP contribution in [0.2, 0.25) is 10.0 Å². The fourth-order valence-corrected chi connectivity index (χ4v) is 2.07. The monoisotopic (exact) mass is 298 g/mol. The van der Waals surface area contributed by atoms with Crippen LogP contribution in [0.1, 0.15) is 19.7 Å². The van der Waals surface area contributed by atoms with Crippen LogP contribution < -0.4 is 5.32 Å². The Balaban J connectivity index is 2.10. The van der Waals surface area contributed by atoms with Gasteiger partial charge in [0.25, 0.3) is 0 Å². The van der Waals surface area contributed by atoms with Gasteiger partial charge < -0.3 is 9.73 Å². The molecule has 2 aromatic rings. The third kappa shape index (κ3) is 3.72. The quantitative estimate of drug-likeness (QED) is 0.889. The first-order chi connectivity index (χ1) is 9.08. The van der Waals surface area contributed by atoms with Gasteiger partial charge in [0.2, 0.25) is 5.89 Å². The summed E-state index contributed by atoms with van der Waals surface area (Å²) in [6.45, 7) is 5.84. The van der Waals surface area contributed by atoms with Crippen molar-refractivity contribution >= 4 is 23.2 Å². The smallest absolute Gasteiger partial charge is 0.208 e. The molecule has 1 aromatic heterocycles. The number of oxazole rings is 1. The number of hydrogen-bond acceptors (Lipinski definition) is 3. The van der Waals surface area contributed by atoms with Crippen molar-refractivity contribution in [1.29, 1.82) is 0 Å². The van der Waals surface area contributed by atoms with Crippen LogP contribution in [0.3, 0.4) is 0 Å². The summed E-state index contributed by atoms with van der Waals surface area (Å²) in [5.74, 6) is 1.87. The second kappa shape index (κ2) is 6.42. The van der Waals surface area contributed by atoms with Crippen molar-refractivity contribution in [2.24, 2.45) is 5.92 Å². The number of nitrogens with one attached hydrogen (secondary N) is 1. The molecule has 0 bridgehead atoms. The molecule has 0 saturated heterocycles. The van der Waals surface area contributed by atoms with E-state index in [9.17, 15) is 0 Å². The van der Waals surface area contributed by atoms with Crippen molar-refractivity contribution < 1.29 is 4.42 Å². The lowest BCUT2D eigenvalue weighted by atomic mass is 10.2. The summed E-state index contributed by atoms with van der Waals surface area (Å²) in [7, 11) is 0. The maximum absolute atomic E-state index is 6.15. The van der Waals surface area contributed by atoms with Crippen molar-refractivity contribution in [2.45, 2.75) is 20.4 Å². The molecule has 1 heterocycles. The summed E-state index contributed by atoms with van der Waals surface area (Å²) in [6.07, 6.45) is 1.67. The van der Waals surface area contributed by atoms with Gasteiger partial charge in [0.05, 0.1) is 22.8 Å². The highest BCUT2D eigenvalue weighted by Crippen LogP contribution is 2.33. The molecule has 0 saturated carbocycles. The first-order valence-corrected chi connectivity index (χ1v) is 6.93. The van der Waals surface area contributed by atoms with Crippen LogP contribution in [-0.4, -0.2) is 11.5 Å². The van der Waals surface area contributed by atoms with Crippen molar-refractivity contribution in [3.63, 3.8) is 0 Å². The minimum atomic E-state index is 0.488. The highest BCUT2D eigenvalue weighted by atomic mass is 35.5. The Kier molecular flexibility index (Phi) is 4.86. The van der Waals surface area contributed by atoms with Gasteiger partial charge in [-0.1, -0.05) is 43.1 Å². The number of hydrogen-bond donors (Lipinski definition) is 1. The van der Waals surface area contributed by atoms with E-state index in [0.717, 1.165) is 12.1 Å². The standard InChI is InChI=1S/C14H16Cl2N2O/c1-9(2)6-17-8-13-18-7-12(19-13)10-4-3-5-11(15)14(10)16/h3-5,7,9,17H,6,8H2,1-2H3. The summed E-state index contributed by atoms with van der Waals surface area (Å²) < 4.78 is 5.67. The topological polar surface area (TPSA) is 38.1 Å². The molecule has 19 heavy (non-hydrogen) atoms. The first-order valence-electron chi connectivity index (χ1n) is 6.17. The fourth-order valence-electron chi connectivity index (χ4n) is 1.68. The maximum atomic E-state index is 6.15. The molecular formula is C14H16Cl2N2O. The molecule has 5 heteroatoms. The Labute approximate surface area is 122 Å². The zero-order chi connectivity index (χ0) is 13.8. The van der Waals surface area contributed by atoms with Crippen molar-refractivity contribution in [3.05, 3.63) is 40.3 Å². The average molecular weight is 299 g/mol. The third-order valence-electron chi connectivity index (χ3n) is 2.60. The molecular weight excluding hydrogens is 283 g/mol. The highest BCUT2D eigenvalue weighted by Gasteiger charge is 2.11. The van der Waals surface area contributed by atoms with Gasteiger partial charge in [0.15, 0.2) is 5.76 Å². The van der Waals surface area contributed by atoms with Crippen LogP contribution in [-0.2, 0) is 6.54 Å². The summed E-state index contributed by atoms with van der Waals surface area (Å²) in [6, 6.07) is 5.44. The van der Waals surface area contributed by atoms with Gasteiger partial charge in [-0.2, -0.15) is 0 Å². The molecule has 0 atom stereocenters. The lowest BCUT2D eigenvalue weighted by Crippen LogP contribution is -2.18. The minimum absolute atomic E-state index is 0.488. The molecule has 102 valence electrons. The van der Waals surface area contributed by atoms with E-state index in [1.807, 2.05) is 12.1 Å². The van der Waals surface area contributed by atoms with Crippen molar-refractivity contribution in [1.82, 2.24) is 10.3 Å². The van der Waals surface area contributed by atoms with Crippen molar-refractivity contribution in [2.75, 3.05) is 6.54 Å². The molecule has 0 fully saturated rings. The van der Waals surface area contributed by atoms with E-state index in [1.54, 1.807) is 12.3 Å². The van der Waals surface area contributed by atoms with Gasteiger partial charge in [-0.25, -0.2) is 4.98 Å². The number of halogens is 2. The van der Waals surface area contributed by atoms with Gasteiger partial charge in [-0.3, -0.25) is 0 Å². The fraction of sp³-hybridized carbons (Fsp3) is 0.357. The summed E-state index contributed by atoms with van der Waals surface area (Å²) in [5.41, 5.74) is 0.761. The Hall–Kier alpha value is -1.03. The summed E-state index contributed by atoms with van der Waals surface area (Å²) in [4.78, 5) is 4.23. The number of aromatic nitrogens is 1. The lowest BCUT2D eigenvalue weighted by molar-refractivity contribution is 0.459. The Morgan fingerprint density at radius 2 is 2.11 bits per heavy atom. The van der Waals surface area contributed by atoms with Gasteiger partial charge in [-0.05, 0) is 24.6 Å². The molecule has 0 unspecified atom stereocenters. The summed E-state index contributed by atoms with van der Waals surface area (Å²) >= 11 is 12.1. The molecule has 0 aliphatic rings. The highest BCUT2D eigenvalue weighted by molar-refractivity contribution is 6.43. The zero-order valence-electron chi connectivity index (χ0n) is 10.9. The molecule has 3 nitrogen and oxygen atoms in total. The third-order valence-corrected chi connectivity index (χ3v) is 3.42. The molecule has 2 rings (SSSR count). The largest absolute Gasteiger partial charge is 0.439 e. The number of nitrogens with zero attached hydrogens (tertiary/aromatic N) is 1. The van der Waals surface area contributed by atoms with E-state index in [4.69, 9.17) is 27.6 Å². The predicted octanol–water partition coefficient (Wildman–Crippen LogP) is 4.39. The zero-order valence-corrected chi connectivity index (χ0v) is 12.4. The SMILES string of the molecule is CC(C)CNCc1ncc(-c2cccc(Cl)c2Cl)o1. The van der Waals surface area contributed by atoms with Crippen LogP contribution in [0, 0.1) is 5.92 Å². The van der Waals surface area contributed by atoms with E-state index in [2.05, 4.69) is 24.1 Å². The number of rotatable bonds is 5.